The fourth-order valence-electron chi connectivity index (χ4n) is 1.84. The van der Waals surface area contributed by atoms with Crippen LogP contribution in [0.3, 0.4) is 0 Å². The van der Waals surface area contributed by atoms with Crippen molar-refractivity contribution < 1.29 is 18.3 Å². The van der Waals surface area contributed by atoms with E-state index in [2.05, 4.69) is 0 Å². The van der Waals surface area contributed by atoms with Crippen LogP contribution in [0.25, 0.3) is 10.9 Å². The van der Waals surface area contributed by atoms with Gasteiger partial charge in [-0.15, -0.1) is 0 Å². The summed E-state index contributed by atoms with van der Waals surface area (Å²) in [6.07, 6.45) is -4.32. The second-order valence-corrected chi connectivity index (χ2v) is 3.81. The molecule has 0 saturated carbocycles. The molecular weight excluding hydrogens is 233 g/mol. The third kappa shape index (κ3) is 2.36. The molecule has 0 fully saturated rings. The average molecular weight is 244 g/mol. The molecule has 0 aliphatic rings. The summed E-state index contributed by atoms with van der Waals surface area (Å²) in [5, 5.41) is 9.66. The molecule has 1 aromatic carbocycles. The van der Waals surface area contributed by atoms with Gasteiger partial charge in [0.15, 0.2) is 0 Å². The molecule has 0 amide bonds. The highest BCUT2D eigenvalue weighted by molar-refractivity contribution is 5.84. The minimum atomic E-state index is -4.32. The van der Waals surface area contributed by atoms with E-state index in [1.165, 1.54) is 18.2 Å². The number of nitrogens with zero attached hydrogens (tertiary/aromatic N) is 1. The Hall–Kier alpha value is -1.69. The van der Waals surface area contributed by atoms with Crippen LogP contribution in [-0.4, -0.2) is 15.8 Å². The molecular formula is C11H11F3N2O. The molecule has 0 bridgehead atoms. The highest BCUT2D eigenvalue weighted by Gasteiger charge is 2.29. The van der Waals surface area contributed by atoms with Crippen molar-refractivity contribution in [1.82, 2.24) is 4.57 Å². The molecule has 3 N–H and O–H groups in total. The number of aliphatic hydroxyl groups excluding tert-OH is 1. The third-order valence-electron chi connectivity index (χ3n) is 2.51. The maximum absolute atomic E-state index is 12.4. The van der Waals surface area contributed by atoms with Gasteiger partial charge in [-0.1, -0.05) is 0 Å². The smallest absolute Gasteiger partial charge is 0.399 e. The zero-order valence-electron chi connectivity index (χ0n) is 8.83. The molecule has 2 rings (SSSR count). The molecule has 17 heavy (non-hydrogen) atoms. The summed E-state index contributed by atoms with van der Waals surface area (Å²) < 4.78 is 38.3. The van der Waals surface area contributed by atoms with Gasteiger partial charge in [0.05, 0.1) is 6.61 Å². The van der Waals surface area contributed by atoms with Crippen LogP contribution in [0.15, 0.2) is 24.3 Å². The first-order valence-corrected chi connectivity index (χ1v) is 4.96. The lowest BCUT2D eigenvalue weighted by Gasteiger charge is -2.12. The first kappa shape index (κ1) is 11.8. The van der Waals surface area contributed by atoms with Crippen LogP contribution in [0.1, 0.15) is 5.69 Å². The first-order valence-electron chi connectivity index (χ1n) is 4.96. The van der Waals surface area contributed by atoms with E-state index < -0.39 is 19.3 Å². The van der Waals surface area contributed by atoms with Crippen molar-refractivity contribution >= 4 is 16.6 Å². The SMILES string of the molecule is Nc1ccc2c(c1)cc(CO)n2CC(F)(F)F. The van der Waals surface area contributed by atoms with Crippen molar-refractivity contribution in [1.29, 1.82) is 0 Å². The Morgan fingerprint density at radius 3 is 2.53 bits per heavy atom. The van der Waals surface area contributed by atoms with Gasteiger partial charge in [-0.05, 0) is 24.3 Å². The molecule has 0 saturated heterocycles. The number of anilines is 1. The van der Waals surface area contributed by atoms with E-state index in [0.717, 1.165) is 4.57 Å². The van der Waals surface area contributed by atoms with Gasteiger partial charge in [0.25, 0.3) is 0 Å². The van der Waals surface area contributed by atoms with E-state index in [-0.39, 0.29) is 5.69 Å². The van der Waals surface area contributed by atoms with E-state index in [9.17, 15) is 13.2 Å². The second kappa shape index (κ2) is 3.96. The fraction of sp³-hybridized carbons (Fsp3) is 0.273. The highest BCUT2D eigenvalue weighted by Crippen LogP contribution is 2.26. The summed E-state index contributed by atoms with van der Waals surface area (Å²) in [6.45, 7) is -1.55. The van der Waals surface area contributed by atoms with E-state index in [4.69, 9.17) is 10.8 Å². The molecule has 6 heteroatoms. The van der Waals surface area contributed by atoms with Crippen LogP contribution in [0.2, 0.25) is 0 Å². The van der Waals surface area contributed by atoms with E-state index in [1.807, 2.05) is 0 Å². The fourth-order valence-corrected chi connectivity index (χ4v) is 1.84. The summed E-state index contributed by atoms with van der Waals surface area (Å²) in [7, 11) is 0. The van der Waals surface area contributed by atoms with Crippen molar-refractivity contribution in [2.24, 2.45) is 0 Å². The summed E-state index contributed by atoms with van der Waals surface area (Å²) in [6, 6.07) is 6.16. The number of benzene rings is 1. The van der Waals surface area contributed by atoms with E-state index in [1.54, 1.807) is 6.07 Å². The number of hydrogen-bond acceptors (Lipinski definition) is 2. The quantitative estimate of drug-likeness (QED) is 0.796. The number of aliphatic hydroxyl groups is 1. The molecule has 2 aromatic rings. The Labute approximate surface area is 95.3 Å². The van der Waals surface area contributed by atoms with Gasteiger partial charge >= 0.3 is 6.18 Å². The lowest BCUT2D eigenvalue weighted by Crippen LogP contribution is -2.19. The molecule has 1 heterocycles. The first-order chi connectivity index (χ1) is 7.90. The summed E-state index contributed by atoms with van der Waals surface area (Å²) in [5.41, 5.74) is 6.68. The third-order valence-corrected chi connectivity index (χ3v) is 2.51. The molecule has 3 nitrogen and oxygen atoms in total. The maximum atomic E-state index is 12.4. The van der Waals surface area contributed by atoms with Crippen LogP contribution in [-0.2, 0) is 13.2 Å². The predicted molar refractivity (Wildman–Crippen MR) is 58.3 cm³/mol. The Morgan fingerprint density at radius 2 is 1.94 bits per heavy atom. The lowest BCUT2D eigenvalue weighted by atomic mass is 10.2. The van der Waals surface area contributed by atoms with Crippen LogP contribution < -0.4 is 5.73 Å². The van der Waals surface area contributed by atoms with Gasteiger partial charge in [0.2, 0.25) is 0 Å². The summed E-state index contributed by atoms with van der Waals surface area (Å²) in [5.74, 6) is 0. The second-order valence-electron chi connectivity index (χ2n) is 3.81. The zero-order valence-corrected chi connectivity index (χ0v) is 8.83. The maximum Gasteiger partial charge on any atom is 0.406 e. The lowest BCUT2D eigenvalue weighted by molar-refractivity contribution is -0.140. The number of hydrogen-bond donors (Lipinski definition) is 2. The van der Waals surface area contributed by atoms with Crippen molar-refractivity contribution in [3.63, 3.8) is 0 Å². The van der Waals surface area contributed by atoms with Crippen LogP contribution in [0, 0.1) is 0 Å². The normalized spacial score (nSPS) is 12.2. The van der Waals surface area contributed by atoms with Crippen molar-refractivity contribution in [2.45, 2.75) is 19.3 Å². The van der Waals surface area contributed by atoms with Gasteiger partial charge in [-0.25, -0.2) is 0 Å². The highest BCUT2D eigenvalue weighted by atomic mass is 19.4. The van der Waals surface area contributed by atoms with E-state index in [0.29, 0.717) is 16.6 Å². The van der Waals surface area contributed by atoms with Gasteiger partial charge in [-0.3, -0.25) is 0 Å². The Balaban J connectivity index is 2.58. The van der Waals surface area contributed by atoms with E-state index >= 15 is 0 Å². The van der Waals surface area contributed by atoms with Crippen LogP contribution in [0.5, 0.6) is 0 Å². The van der Waals surface area contributed by atoms with Gasteiger partial charge < -0.3 is 15.4 Å². The molecule has 0 aliphatic heterocycles. The largest absolute Gasteiger partial charge is 0.406 e. The molecule has 0 unspecified atom stereocenters. The van der Waals surface area contributed by atoms with Crippen molar-refractivity contribution in [2.75, 3.05) is 5.73 Å². The minimum Gasteiger partial charge on any atom is -0.399 e. The summed E-state index contributed by atoms with van der Waals surface area (Å²) >= 11 is 0. The number of halogens is 3. The van der Waals surface area contributed by atoms with Gasteiger partial charge in [0, 0.05) is 22.3 Å². The Bertz CT molecular complexity index is 545. The molecule has 0 aliphatic carbocycles. The molecule has 92 valence electrons. The number of fused-ring (bicyclic) bond motifs is 1. The van der Waals surface area contributed by atoms with Crippen LogP contribution in [0.4, 0.5) is 18.9 Å². The van der Waals surface area contributed by atoms with Gasteiger partial charge in [-0.2, -0.15) is 13.2 Å². The van der Waals surface area contributed by atoms with Crippen molar-refractivity contribution in [3.05, 3.63) is 30.0 Å². The number of rotatable bonds is 2. The van der Waals surface area contributed by atoms with Crippen molar-refractivity contribution in [3.8, 4) is 0 Å². The minimum absolute atomic E-state index is 0.225. The predicted octanol–water partition coefficient (Wildman–Crippen LogP) is 2.28. The average Bonchev–Trinajstić information content (AvgIpc) is 2.53. The molecule has 0 spiro atoms. The Morgan fingerprint density at radius 1 is 1.24 bits per heavy atom. The topological polar surface area (TPSA) is 51.2 Å². The number of aromatic nitrogens is 1. The monoisotopic (exact) mass is 244 g/mol. The Kier molecular flexibility index (Phi) is 2.74. The number of nitrogens with two attached hydrogens (primary N) is 1. The standard InChI is InChI=1S/C11H11F3N2O/c12-11(13,14)6-16-9(5-17)4-7-3-8(15)1-2-10(7)16/h1-4,17H,5-6,15H2. The zero-order chi connectivity index (χ0) is 12.6. The molecule has 0 radical (unpaired) electrons. The van der Waals surface area contributed by atoms with Crippen LogP contribution >= 0.6 is 0 Å². The molecule has 0 atom stereocenters. The number of alkyl halides is 3. The summed E-state index contributed by atoms with van der Waals surface area (Å²) in [4.78, 5) is 0. The number of nitrogen functional groups attached to an aromatic ring is 1. The van der Waals surface area contributed by atoms with Gasteiger partial charge in [0.1, 0.15) is 6.54 Å². The molecule has 1 aromatic heterocycles.